The van der Waals surface area contributed by atoms with Crippen molar-refractivity contribution in [2.75, 3.05) is 19.0 Å². The molecule has 130 valence electrons. The van der Waals surface area contributed by atoms with Crippen molar-refractivity contribution in [3.63, 3.8) is 0 Å². The number of amides is 2. The molecule has 0 radical (unpaired) electrons. The fraction of sp³-hybridized carbons (Fsp3) is 0.176. The third-order valence-corrected chi connectivity index (χ3v) is 3.31. The smallest absolute Gasteiger partial charge is 0.307 e. The van der Waals surface area contributed by atoms with Crippen molar-refractivity contribution in [2.45, 2.75) is 6.42 Å². The molecule has 0 atom stereocenters. The Labute approximate surface area is 143 Å². The lowest BCUT2D eigenvalue weighted by Crippen LogP contribution is -2.26. The van der Waals surface area contributed by atoms with Crippen LogP contribution >= 0.6 is 0 Å². The zero-order valence-corrected chi connectivity index (χ0v) is 13.5. The van der Waals surface area contributed by atoms with Crippen LogP contribution in [0.25, 0.3) is 0 Å². The third kappa shape index (κ3) is 5.03. The molecular formula is C17H17N3O5. The first-order valence-electron chi connectivity index (χ1n) is 7.45. The number of benzene rings is 1. The summed E-state index contributed by atoms with van der Waals surface area (Å²) in [6.45, 7) is 0.167. The molecule has 0 spiro atoms. The molecule has 0 saturated carbocycles. The van der Waals surface area contributed by atoms with E-state index < -0.39 is 17.4 Å². The maximum Gasteiger partial charge on any atom is 0.307 e. The molecule has 0 saturated heterocycles. The van der Waals surface area contributed by atoms with Gasteiger partial charge in [-0.25, -0.2) is 0 Å². The van der Waals surface area contributed by atoms with Crippen LogP contribution < -0.4 is 16.2 Å². The number of H-pyrrole nitrogens is 1. The van der Waals surface area contributed by atoms with Gasteiger partial charge in [0, 0.05) is 24.0 Å². The molecule has 8 nitrogen and oxygen atoms in total. The molecule has 0 fully saturated rings. The van der Waals surface area contributed by atoms with Gasteiger partial charge in [0.15, 0.2) is 0 Å². The van der Waals surface area contributed by atoms with E-state index in [9.17, 15) is 19.2 Å². The second-order valence-corrected chi connectivity index (χ2v) is 5.03. The van der Waals surface area contributed by atoms with E-state index in [-0.39, 0.29) is 24.4 Å². The number of ether oxygens (including phenoxy) is 1. The molecule has 0 unspecified atom stereocenters. The highest BCUT2D eigenvalue weighted by Crippen LogP contribution is 2.10. The molecule has 0 aliphatic carbocycles. The maximum atomic E-state index is 12.0. The average molecular weight is 343 g/mol. The van der Waals surface area contributed by atoms with E-state index in [4.69, 9.17) is 0 Å². The summed E-state index contributed by atoms with van der Waals surface area (Å²) < 4.78 is 4.48. The Bertz CT molecular complexity index is 827. The van der Waals surface area contributed by atoms with Crippen molar-refractivity contribution in [3.8, 4) is 0 Å². The van der Waals surface area contributed by atoms with Crippen LogP contribution in [0.3, 0.4) is 0 Å². The zero-order valence-electron chi connectivity index (χ0n) is 13.5. The Morgan fingerprint density at radius 2 is 1.80 bits per heavy atom. The fourth-order valence-corrected chi connectivity index (χ4v) is 1.99. The predicted molar refractivity (Wildman–Crippen MR) is 90.4 cm³/mol. The van der Waals surface area contributed by atoms with Crippen molar-refractivity contribution < 1.29 is 19.1 Å². The van der Waals surface area contributed by atoms with E-state index >= 15 is 0 Å². The summed E-state index contributed by atoms with van der Waals surface area (Å²) >= 11 is 0. The van der Waals surface area contributed by atoms with E-state index in [1.54, 1.807) is 18.2 Å². The SMILES string of the molecule is COC(=O)CCNC(=O)c1ccc(NC(=O)c2ccc[nH]c2=O)cc1. The van der Waals surface area contributed by atoms with E-state index in [0.29, 0.717) is 11.3 Å². The average Bonchev–Trinajstić information content (AvgIpc) is 2.62. The maximum absolute atomic E-state index is 12.0. The summed E-state index contributed by atoms with van der Waals surface area (Å²) in [5.41, 5.74) is 0.327. The Hall–Kier alpha value is -3.42. The van der Waals surface area contributed by atoms with Gasteiger partial charge in [0.25, 0.3) is 17.4 Å². The molecule has 2 amide bonds. The molecule has 2 aromatic rings. The molecule has 1 heterocycles. The minimum absolute atomic E-state index is 0.00729. The van der Waals surface area contributed by atoms with Crippen LogP contribution in [0.5, 0.6) is 0 Å². The van der Waals surface area contributed by atoms with Crippen molar-refractivity contribution >= 4 is 23.5 Å². The van der Waals surface area contributed by atoms with Crippen molar-refractivity contribution in [2.24, 2.45) is 0 Å². The van der Waals surface area contributed by atoms with E-state index in [0.717, 1.165) is 0 Å². The fourth-order valence-electron chi connectivity index (χ4n) is 1.99. The number of carbonyl (C=O) groups is 3. The van der Waals surface area contributed by atoms with Crippen LogP contribution in [0.4, 0.5) is 5.69 Å². The van der Waals surface area contributed by atoms with E-state index in [2.05, 4.69) is 20.4 Å². The van der Waals surface area contributed by atoms with Gasteiger partial charge >= 0.3 is 5.97 Å². The first kappa shape index (κ1) is 17.9. The number of pyridine rings is 1. The van der Waals surface area contributed by atoms with Crippen LogP contribution in [0, 0.1) is 0 Å². The second-order valence-electron chi connectivity index (χ2n) is 5.03. The van der Waals surface area contributed by atoms with Crippen LogP contribution in [0.15, 0.2) is 47.4 Å². The van der Waals surface area contributed by atoms with Gasteiger partial charge in [0.1, 0.15) is 5.56 Å². The standard InChI is InChI=1S/C17H17N3O5/c1-25-14(21)8-10-19-15(22)11-4-6-12(7-5-11)20-17(24)13-3-2-9-18-16(13)23/h2-7,9H,8,10H2,1H3,(H,18,23)(H,19,22)(H,20,24). The van der Waals surface area contributed by atoms with Gasteiger partial charge in [0.2, 0.25) is 0 Å². The molecule has 0 aliphatic rings. The number of aromatic amines is 1. The van der Waals surface area contributed by atoms with Crippen molar-refractivity contribution in [1.82, 2.24) is 10.3 Å². The number of nitrogens with one attached hydrogen (secondary N) is 3. The first-order valence-corrected chi connectivity index (χ1v) is 7.45. The monoisotopic (exact) mass is 343 g/mol. The summed E-state index contributed by atoms with van der Waals surface area (Å²) in [7, 11) is 1.28. The quantitative estimate of drug-likeness (QED) is 0.674. The molecule has 0 aliphatic heterocycles. The van der Waals surface area contributed by atoms with Gasteiger partial charge in [-0.05, 0) is 36.4 Å². The lowest BCUT2D eigenvalue weighted by Gasteiger charge is -2.07. The Morgan fingerprint density at radius 3 is 2.44 bits per heavy atom. The lowest BCUT2D eigenvalue weighted by molar-refractivity contribution is -0.140. The lowest BCUT2D eigenvalue weighted by atomic mass is 10.2. The third-order valence-electron chi connectivity index (χ3n) is 3.31. The second kappa shape index (κ2) is 8.44. The largest absolute Gasteiger partial charge is 0.469 e. The van der Waals surface area contributed by atoms with Gasteiger partial charge in [-0.2, -0.15) is 0 Å². The van der Waals surface area contributed by atoms with E-state index in [1.807, 2.05) is 0 Å². The van der Waals surface area contributed by atoms with Gasteiger partial charge < -0.3 is 20.4 Å². The number of aromatic nitrogens is 1. The normalized spacial score (nSPS) is 9.96. The minimum atomic E-state index is -0.544. The number of rotatable bonds is 6. The highest BCUT2D eigenvalue weighted by Gasteiger charge is 2.11. The number of esters is 1. The van der Waals surface area contributed by atoms with Crippen LogP contribution in [0.2, 0.25) is 0 Å². The predicted octanol–water partition coefficient (Wildman–Crippen LogP) is 0.920. The summed E-state index contributed by atoms with van der Waals surface area (Å²) in [6.07, 6.45) is 1.52. The topological polar surface area (TPSA) is 117 Å². The zero-order chi connectivity index (χ0) is 18.2. The number of carbonyl (C=O) groups excluding carboxylic acids is 3. The molecule has 8 heteroatoms. The van der Waals surface area contributed by atoms with Gasteiger partial charge in [-0.1, -0.05) is 0 Å². The molecule has 0 bridgehead atoms. The van der Waals surface area contributed by atoms with Crippen LogP contribution in [0.1, 0.15) is 27.1 Å². The summed E-state index contributed by atoms with van der Waals surface area (Å²) in [5, 5.41) is 5.16. The summed E-state index contributed by atoms with van der Waals surface area (Å²) in [4.78, 5) is 48.9. The van der Waals surface area contributed by atoms with Crippen LogP contribution in [-0.2, 0) is 9.53 Å². The summed E-state index contributed by atoms with van der Waals surface area (Å²) in [5.74, 6) is -1.30. The Balaban J connectivity index is 1.94. The molecule has 3 N–H and O–H groups in total. The minimum Gasteiger partial charge on any atom is -0.469 e. The van der Waals surface area contributed by atoms with Crippen molar-refractivity contribution in [1.29, 1.82) is 0 Å². The van der Waals surface area contributed by atoms with Crippen molar-refractivity contribution in [3.05, 3.63) is 64.1 Å². The Kier molecular flexibility index (Phi) is 6.05. The molecule has 1 aromatic carbocycles. The van der Waals surface area contributed by atoms with Gasteiger partial charge in [-0.3, -0.25) is 19.2 Å². The van der Waals surface area contributed by atoms with Gasteiger partial charge in [0.05, 0.1) is 13.5 Å². The number of hydrogen-bond acceptors (Lipinski definition) is 5. The molecular weight excluding hydrogens is 326 g/mol. The Morgan fingerprint density at radius 1 is 1.08 bits per heavy atom. The molecule has 25 heavy (non-hydrogen) atoms. The highest BCUT2D eigenvalue weighted by molar-refractivity contribution is 6.04. The number of anilines is 1. The first-order chi connectivity index (χ1) is 12.0. The van der Waals surface area contributed by atoms with Crippen LogP contribution in [-0.4, -0.2) is 36.4 Å². The molecule has 1 aromatic heterocycles. The van der Waals surface area contributed by atoms with E-state index in [1.165, 1.54) is 31.5 Å². The van der Waals surface area contributed by atoms with Gasteiger partial charge in [-0.15, -0.1) is 0 Å². The number of hydrogen-bond donors (Lipinski definition) is 3. The highest BCUT2D eigenvalue weighted by atomic mass is 16.5. The summed E-state index contributed by atoms with van der Waals surface area (Å²) in [6, 6.07) is 9.11. The number of methoxy groups -OCH3 is 1. The molecule has 2 rings (SSSR count).